The zero-order valence-corrected chi connectivity index (χ0v) is 35.8. The number of H-pyrrole nitrogens is 1. The highest BCUT2D eigenvalue weighted by molar-refractivity contribution is 7.90. The van der Waals surface area contributed by atoms with Gasteiger partial charge in [0.2, 0.25) is 0 Å². The van der Waals surface area contributed by atoms with E-state index in [4.69, 9.17) is 9.47 Å². The van der Waals surface area contributed by atoms with E-state index in [1.807, 2.05) is 13.1 Å². The number of hydrogen-bond donors (Lipinski definition) is 3. The topological polar surface area (TPSA) is 175 Å². The van der Waals surface area contributed by atoms with E-state index in [1.165, 1.54) is 41.5 Å². The number of nitrogens with one attached hydrogen (secondary N) is 3. The predicted octanol–water partition coefficient (Wildman–Crippen LogP) is 7.11. The molecule has 2 aliphatic heterocycles. The number of nitro benzene ring substituents is 1. The number of anilines is 2. The molecule has 1 unspecified atom stereocenters. The summed E-state index contributed by atoms with van der Waals surface area (Å²) in [5, 5.41) is 15.9. The highest BCUT2D eigenvalue weighted by Crippen LogP contribution is 2.42. The Hall–Kier alpha value is -5.29. The Morgan fingerprint density at radius 2 is 1.92 bits per heavy atom. The Bertz CT molecular complexity index is 2390. The van der Waals surface area contributed by atoms with Gasteiger partial charge in [-0.05, 0) is 80.1 Å². The largest absolute Gasteiger partial charge is 0.455 e. The van der Waals surface area contributed by atoms with Gasteiger partial charge in [0.15, 0.2) is 0 Å². The number of piperazine rings is 1. The number of hydrogen-bond acceptors (Lipinski definition) is 12. The maximum absolute atomic E-state index is 13.9. The van der Waals surface area contributed by atoms with Crippen LogP contribution in [0.15, 0.2) is 89.1 Å². The minimum absolute atomic E-state index is 0.0349. The second-order valence-electron chi connectivity index (χ2n) is 16.9. The Kier molecular flexibility index (Phi) is 12.9. The van der Waals surface area contributed by atoms with Crippen LogP contribution in [0, 0.1) is 15.5 Å². The fourth-order valence-electron chi connectivity index (χ4n) is 8.28. The number of morpholine rings is 1. The smallest absolute Gasteiger partial charge is 0.293 e. The quantitative estimate of drug-likeness (QED) is 0.0819. The number of benzene rings is 2. The van der Waals surface area contributed by atoms with Crippen molar-refractivity contribution in [2.24, 2.45) is 5.41 Å². The molecule has 1 atom stereocenters. The summed E-state index contributed by atoms with van der Waals surface area (Å²) in [6.45, 7) is 17.8. The van der Waals surface area contributed by atoms with Gasteiger partial charge in [0, 0.05) is 81.8 Å². The van der Waals surface area contributed by atoms with Gasteiger partial charge in [-0.2, -0.15) is 0 Å². The Morgan fingerprint density at radius 3 is 2.67 bits per heavy atom. The normalized spacial score (nSPS) is 19.0. The van der Waals surface area contributed by atoms with Crippen molar-refractivity contribution in [3.63, 3.8) is 0 Å². The molecule has 2 fully saturated rings. The summed E-state index contributed by atoms with van der Waals surface area (Å²) in [6, 6.07) is 12.2. The molecule has 3 aliphatic rings. The average Bonchev–Trinajstić information content (AvgIpc) is 3.69. The number of amides is 1. The molecule has 3 N–H and O–H groups in total. The van der Waals surface area contributed by atoms with Crippen LogP contribution in [0.25, 0.3) is 11.0 Å². The summed E-state index contributed by atoms with van der Waals surface area (Å²) in [4.78, 5) is 39.2. The lowest BCUT2D eigenvalue weighted by atomic mass is 9.72. The Morgan fingerprint density at radius 1 is 1.12 bits per heavy atom. The number of rotatable bonds is 15. The molecule has 7 rings (SSSR count). The van der Waals surface area contributed by atoms with Crippen molar-refractivity contribution in [2.45, 2.75) is 63.9 Å². The summed E-state index contributed by atoms with van der Waals surface area (Å²) >= 11 is 0. The molecule has 2 saturated heterocycles. The van der Waals surface area contributed by atoms with Gasteiger partial charge in [-0.25, -0.2) is 18.1 Å². The standard InChI is InChI=1S/C44H56N8O7S/c1-6-7-30(2)38-25-44(3,4)14-12-32(38)28-50-16-18-51(19-17-50)33-8-10-37(41(23-33)59-34-22-31-13-15-45-42(31)47-26-34)43(53)48-60(56,57)36-9-11-39(40(24-36)52(54)55)46-27-35-29-49(5)20-21-58-35/h8-11,13,15,22-24,26,35,46H,2,6-7,12,14,16-21,25,27-29H2,1,3-5H3,(H,45,47)(H,48,53). The van der Waals surface area contributed by atoms with Crippen molar-refractivity contribution in [3.8, 4) is 11.5 Å². The molecule has 1 amide bonds. The number of pyridine rings is 1. The molecule has 320 valence electrons. The number of carbonyl (C=O) groups is 1. The maximum atomic E-state index is 13.9. The lowest BCUT2D eigenvalue weighted by Crippen LogP contribution is -2.47. The van der Waals surface area contributed by atoms with Crippen LogP contribution in [0.1, 0.15) is 63.2 Å². The number of likely N-dealkylation sites (N-methyl/N-ethyl adjacent to an activating group) is 1. The number of allylic oxidation sites excluding steroid dienone is 2. The predicted molar refractivity (Wildman–Crippen MR) is 233 cm³/mol. The number of sulfonamides is 1. The molecule has 0 saturated carbocycles. The molecule has 4 heterocycles. The fraction of sp³-hybridized carbons (Fsp3) is 0.455. The summed E-state index contributed by atoms with van der Waals surface area (Å²) in [6.07, 6.45) is 8.52. The van der Waals surface area contributed by atoms with Gasteiger partial charge >= 0.3 is 0 Å². The molecule has 2 aromatic heterocycles. The number of carbonyl (C=O) groups excluding carboxylic acids is 1. The van der Waals surface area contributed by atoms with E-state index in [1.54, 1.807) is 30.5 Å². The number of nitro groups is 1. The zero-order valence-electron chi connectivity index (χ0n) is 35.0. The van der Waals surface area contributed by atoms with E-state index in [-0.39, 0.29) is 28.5 Å². The zero-order chi connectivity index (χ0) is 42.6. The average molecular weight is 841 g/mol. The summed E-state index contributed by atoms with van der Waals surface area (Å²) in [5.74, 6) is -0.464. The molecular formula is C44H56N8O7S. The van der Waals surface area contributed by atoms with E-state index in [2.05, 4.69) is 62.1 Å². The third-order valence-electron chi connectivity index (χ3n) is 11.7. The summed E-state index contributed by atoms with van der Waals surface area (Å²) in [5.41, 5.74) is 5.66. The van der Waals surface area contributed by atoms with Crippen LogP contribution in [-0.2, 0) is 14.8 Å². The van der Waals surface area contributed by atoms with Crippen LogP contribution in [0.3, 0.4) is 0 Å². The van der Waals surface area contributed by atoms with Gasteiger partial charge < -0.3 is 29.6 Å². The van der Waals surface area contributed by atoms with Gasteiger partial charge in [-0.1, -0.05) is 44.9 Å². The van der Waals surface area contributed by atoms with Crippen LogP contribution < -0.4 is 19.7 Å². The van der Waals surface area contributed by atoms with Gasteiger partial charge in [-0.15, -0.1) is 0 Å². The first-order chi connectivity index (χ1) is 28.7. The Balaban J connectivity index is 1.09. The summed E-state index contributed by atoms with van der Waals surface area (Å²) < 4.78 is 41.5. The first-order valence-corrected chi connectivity index (χ1v) is 22.2. The van der Waals surface area contributed by atoms with E-state index in [9.17, 15) is 23.3 Å². The molecule has 16 heteroatoms. The second-order valence-corrected chi connectivity index (χ2v) is 18.6. The van der Waals surface area contributed by atoms with E-state index in [0.29, 0.717) is 31.1 Å². The van der Waals surface area contributed by atoms with Crippen LogP contribution in [0.5, 0.6) is 11.5 Å². The van der Waals surface area contributed by atoms with Gasteiger partial charge in [0.25, 0.3) is 21.6 Å². The van der Waals surface area contributed by atoms with Crippen molar-refractivity contribution < 1.29 is 27.6 Å². The molecule has 4 aromatic rings. The van der Waals surface area contributed by atoms with Gasteiger partial charge in [0.05, 0.1) is 34.3 Å². The van der Waals surface area contributed by atoms with Gasteiger partial charge in [-0.3, -0.25) is 19.8 Å². The lowest BCUT2D eigenvalue weighted by molar-refractivity contribution is -0.384. The molecular weight excluding hydrogens is 785 g/mol. The first-order valence-electron chi connectivity index (χ1n) is 20.7. The minimum Gasteiger partial charge on any atom is -0.455 e. The highest BCUT2D eigenvalue weighted by Gasteiger charge is 2.31. The molecule has 15 nitrogen and oxygen atoms in total. The third kappa shape index (κ3) is 10.2. The highest BCUT2D eigenvalue weighted by atomic mass is 32.2. The molecule has 60 heavy (non-hydrogen) atoms. The van der Waals surface area contributed by atoms with Crippen molar-refractivity contribution >= 4 is 44.0 Å². The molecule has 0 spiro atoms. The summed E-state index contributed by atoms with van der Waals surface area (Å²) in [7, 11) is -2.60. The fourth-order valence-corrected chi connectivity index (χ4v) is 9.27. The number of aromatic nitrogens is 2. The number of ether oxygens (including phenoxy) is 2. The van der Waals surface area contributed by atoms with Crippen molar-refractivity contribution in [2.75, 3.05) is 76.2 Å². The number of nitrogens with zero attached hydrogens (tertiary/aromatic N) is 5. The monoisotopic (exact) mass is 840 g/mol. The second kappa shape index (κ2) is 18.1. The van der Waals surface area contributed by atoms with Crippen molar-refractivity contribution in [1.82, 2.24) is 24.5 Å². The van der Waals surface area contributed by atoms with E-state index >= 15 is 0 Å². The van der Waals surface area contributed by atoms with Crippen LogP contribution >= 0.6 is 0 Å². The van der Waals surface area contributed by atoms with Crippen molar-refractivity contribution in [1.29, 1.82) is 0 Å². The molecule has 1 aliphatic carbocycles. The van der Waals surface area contributed by atoms with Crippen molar-refractivity contribution in [3.05, 3.63) is 99.9 Å². The SMILES string of the molecule is C=C(CCC)C1=C(CN2CCN(c3ccc(C(=O)NS(=O)(=O)c4ccc(NCC5CN(C)CCO5)c([N+](=O)[O-])c4)c(Oc4cnc5[nH]ccc5c4)c3)CC2)CCC(C)(C)C1. The Labute approximate surface area is 352 Å². The number of fused-ring (bicyclic) bond motifs is 1. The first kappa shape index (κ1) is 42.8. The molecule has 2 aromatic carbocycles. The van der Waals surface area contributed by atoms with Crippen LogP contribution in [0.4, 0.5) is 17.1 Å². The maximum Gasteiger partial charge on any atom is 0.293 e. The number of aromatic amines is 1. The third-order valence-corrected chi connectivity index (χ3v) is 13.0. The lowest BCUT2D eigenvalue weighted by Gasteiger charge is -2.39. The van der Waals surface area contributed by atoms with Crippen LogP contribution in [-0.4, -0.2) is 111 Å². The van der Waals surface area contributed by atoms with E-state index in [0.717, 1.165) is 82.1 Å². The van der Waals surface area contributed by atoms with Gasteiger partial charge in [0.1, 0.15) is 22.8 Å². The van der Waals surface area contributed by atoms with E-state index < -0.39 is 31.4 Å². The molecule has 0 bridgehead atoms. The molecule has 0 radical (unpaired) electrons. The van der Waals surface area contributed by atoms with Crippen LogP contribution in [0.2, 0.25) is 0 Å². The minimum atomic E-state index is -4.56.